The number of urea groups is 1. The van der Waals surface area contributed by atoms with Gasteiger partial charge in [-0.15, -0.1) is 0 Å². The molecule has 2 heterocycles. The third-order valence-electron chi connectivity index (χ3n) is 2.25. The van der Waals surface area contributed by atoms with Gasteiger partial charge in [0.2, 0.25) is 0 Å². The van der Waals surface area contributed by atoms with Crippen LogP contribution in [0.3, 0.4) is 0 Å². The molecule has 2 aliphatic heterocycles. The highest BCUT2D eigenvalue weighted by Gasteiger charge is 2.24. The number of amides is 2. The van der Waals surface area contributed by atoms with Crippen LogP contribution in [-0.2, 0) is 0 Å². The maximum atomic E-state index is 11.2. The topological polar surface area (TPSA) is 32.3 Å². The van der Waals surface area contributed by atoms with Crippen molar-refractivity contribution in [2.75, 3.05) is 36.9 Å². The second-order valence-corrected chi connectivity index (χ2v) is 5.80. The quantitative estimate of drug-likeness (QED) is 0.746. The van der Waals surface area contributed by atoms with Crippen molar-refractivity contribution in [1.82, 2.24) is 10.2 Å². The molecule has 1 unspecified atom stereocenters. The number of hydrogen-bond acceptors (Lipinski definition) is 3. The van der Waals surface area contributed by atoms with Crippen molar-refractivity contribution in [3.05, 3.63) is 0 Å². The van der Waals surface area contributed by atoms with E-state index in [4.69, 9.17) is 0 Å². The molecule has 5 heteroatoms. The first-order valence-corrected chi connectivity index (χ1v) is 6.79. The van der Waals surface area contributed by atoms with Crippen LogP contribution in [0.5, 0.6) is 0 Å². The zero-order chi connectivity index (χ0) is 9.10. The van der Waals surface area contributed by atoms with E-state index < -0.39 is 0 Å². The van der Waals surface area contributed by atoms with E-state index >= 15 is 0 Å². The minimum atomic E-state index is 0.121. The van der Waals surface area contributed by atoms with Crippen molar-refractivity contribution in [2.24, 2.45) is 0 Å². The Morgan fingerprint density at radius 2 is 2.46 bits per heavy atom. The second-order valence-electron chi connectivity index (χ2n) is 3.25. The van der Waals surface area contributed by atoms with Gasteiger partial charge in [-0.05, 0) is 0 Å². The van der Waals surface area contributed by atoms with Crippen LogP contribution in [0.4, 0.5) is 4.79 Å². The van der Waals surface area contributed by atoms with Gasteiger partial charge in [0.15, 0.2) is 0 Å². The molecule has 0 aromatic heterocycles. The zero-order valence-corrected chi connectivity index (χ0v) is 9.12. The molecule has 1 atom stereocenters. The second kappa shape index (κ2) is 4.46. The van der Waals surface area contributed by atoms with Gasteiger partial charge in [0.05, 0.1) is 0 Å². The highest BCUT2D eigenvalue weighted by atomic mass is 32.2. The van der Waals surface area contributed by atoms with E-state index in [1.54, 1.807) is 0 Å². The molecule has 0 bridgehead atoms. The number of nitrogens with zero attached hydrogens (tertiary/aromatic N) is 1. The van der Waals surface area contributed by atoms with Crippen LogP contribution in [0.15, 0.2) is 0 Å². The summed E-state index contributed by atoms with van der Waals surface area (Å²) in [6, 6.07) is 0.121. The highest BCUT2D eigenvalue weighted by Crippen LogP contribution is 2.24. The van der Waals surface area contributed by atoms with Gasteiger partial charge in [-0.1, -0.05) is 0 Å². The largest absolute Gasteiger partial charge is 0.336 e. The maximum Gasteiger partial charge on any atom is 0.317 e. The van der Waals surface area contributed by atoms with Crippen molar-refractivity contribution < 1.29 is 4.79 Å². The summed E-state index contributed by atoms with van der Waals surface area (Å²) in [6.45, 7) is 2.65. The molecule has 2 rings (SSSR count). The van der Waals surface area contributed by atoms with E-state index in [2.05, 4.69) is 5.32 Å². The van der Waals surface area contributed by atoms with Crippen molar-refractivity contribution >= 4 is 29.6 Å². The number of carbonyl (C=O) groups excluding carboxylic acids is 1. The van der Waals surface area contributed by atoms with Crippen molar-refractivity contribution in [3.8, 4) is 0 Å². The predicted octanol–water partition coefficient (Wildman–Crippen LogP) is 0.860. The summed E-state index contributed by atoms with van der Waals surface area (Å²) >= 11 is 4.02. The predicted molar refractivity (Wildman–Crippen MR) is 58.5 cm³/mol. The van der Waals surface area contributed by atoms with Crippen molar-refractivity contribution in [1.29, 1.82) is 0 Å². The Labute approximate surface area is 87.0 Å². The van der Waals surface area contributed by atoms with Crippen molar-refractivity contribution in [3.63, 3.8) is 0 Å². The average molecular weight is 218 g/mol. The van der Waals surface area contributed by atoms with E-state index in [-0.39, 0.29) is 6.03 Å². The maximum absolute atomic E-state index is 11.2. The van der Waals surface area contributed by atoms with Gasteiger partial charge in [0.25, 0.3) is 0 Å². The molecule has 0 radical (unpaired) electrons. The molecule has 13 heavy (non-hydrogen) atoms. The minimum absolute atomic E-state index is 0.121. The van der Waals surface area contributed by atoms with Crippen LogP contribution in [-0.4, -0.2) is 53.1 Å². The van der Waals surface area contributed by atoms with Gasteiger partial charge in [0, 0.05) is 42.1 Å². The van der Waals surface area contributed by atoms with Crippen LogP contribution >= 0.6 is 23.5 Å². The Morgan fingerprint density at radius 3 is 3.08 bits per heavy atom. The van der Waals surface area contributed by atoms with Crippen LogP contribution in [0.2, 0.25) is 0 Å². The Kier molecular flexibility index (Phi) is 3.27. The fourth-order valence-electron chi connectivity index (χ4n) is 1.57. The number of rotatable bonds is 2. The molecule has 2 amide bonds. The summed E-state index contributed by atoms with van der Waals surface area (Å²) < 4.78 is 0. The highest BCUT2D eigenvalue weighted by molar-refractivity contribution is 8.06. The molecule has 2 saturated heterocycles. The summed E-state index contributed by atoms with van der Waals surface area (Å²) in [4.78, 5) is 13.2. The molecule has 0 saturated carbocycles. The molecule has 2 fully saturated rings. The van der Waals surface area contributed by atoms with E-state index in [0.717, 1.165) is 19.6 Å². The van der Waals surface area contributed by atoms with E-state index in [1.807, 2.05) is 28.4 Å². The van der Waals surface area contributed by atoms with Gasteiger partial charge in [-0.25, -0.2) is 4.79 Å². The standard InChI is InChI=1S/C8H14N2OS2/c11-8-9-1-2-10(8)5-7-6-12-3-4-13-7/h7H,1-6H2,(H,9,11). The summed E-state index contributed by atoms with van der Waals surface area (Å²) in [5.41, 5.74) is 0. The SMILES string of the molecule is O=C1NCCN1CC1CSCCS1. The zero-order valence-electron chi connectivity index (χ0n) is 7.49. The van der Waals surface area contributed by atoms with Gasteiger partial charge in [-0.3, -0.25) is 0 Å². The molecule has 0 aromatic rings. The lowest BCUT2D eigenvalue weighted by atomic mass is 10.4. The Bertz CT molecular complexity index is 195. The molecule has 74 valence electrons. The van der Waals surface area contributed by atoms with Crippen LogP contribution in [0.25, 0.3) is 0 Å². The summed E-state index contributed by atoms with van der Waals surface area (Å²) in [6.07, 6.45) is 0. The monoisotopic (exact) mass is 218 g/mol. The Morgan fingerprint density at radius 1 is 1.54 bits per heavy atom. The third kappa shape index (κ3) is 2.47. The van der Waals surface area contributed by atoms with E-state index in [9.17, 15) is 4.79 Å². The van der Waals surface area contributed by atoms with E-state index in [1.165, 1.54) is 17.3 Å². The molecule has 0 aliphatic carbocycles. The van der Waals surface area contributed by atoms with E-state index in [0.29, 0.717) is 5.25 Å². The molecular weight excluding hydrogens is 204 g/mol. The number of thioether (sulfide) groups is 2. The lowest BCUT2D eigenvalue weighted by Gasteiger charge is -2.25. The minimum Gasteiger partial charge on any atom is -0.336 e. The first-order chi connectivity index (χ1) is 6.36. The Balaban J connectivity index is 1.79. The van der Waals surface area contributed by atoms with Gasteiger partial charge in [0.1, 0.15) is 0 Å². The molecule has 3 nitrogen and oxygen atoms in total. The summed E-state index contributed by atoms with van der Waals surface area (Å²) in [7, 11) is 0. The number of hydrogen-bond donors (Lipinski definition) is 1. The molecular formula is C8H14N2OS2. The fraction of sp³-hybridized carbons (Fsp3) is 0.875. The molecule has 1 N–H and O–H groups in total. The molecule has 2 aliphatic rings. The van der Waals surface area contributed by atoms with Gasteiger partial charge < -0.3 is 10.2 Å². The van der Waals surface area contributed by atoms with Crippen LogP contribution < -0.4 is 5.32 Å². The van der Waals surface area contributed by atoms with Crippen LogP contribution in [0.1, 0.15) is 0 Å². The van der Waals surface area contributed by atoms with Gasteiger partial charge in [-0.2, -0.15) is 23.5 Å². The average Bonchev–Trinajstić information content (AvgIpc) is 2.54. The van der Waals surface area contributed by atoms with Crippen molar-refractivity contribution in [2.45, 2.75) is 5.25 Å². The van der Waals surface area contributed by atoms with Crippen LogP contribution in [0, 0.1) is 0 Å². The number of nitrogens with one attached hydrogen (secondary N) is 1. The first-order valence-electron chi connectivity index (χ1n) is 4.58. The summed E-state index contributed by atoms with van der Waals surface area (Å²) in [5.74, 6) is 3.71. The molecule has 0 aromatic carbocycles. The lowest BCUT2D eigenvalue weighted by Crippen LogP contribution is -2.36. The molecule has 0 spiro atoms. The summed E-state index contributed by atoms with van der Waals surface area (Å²) in [5, 5.41) is 3.49. The third-order valence-corrected chi connectivity index (χ3v) is 5.08. The van der Waals surface area contributed by atoms with Gasteiger partial charge >= 0.3 is 6.03 Å². The normalized spacial score (nSPS) is 29.1. The smallest absolute Gasteiger partial charge is 0.317 e. The lowest BCUT2D eigenvalue weighted by molar-refractivity contribution is 0.218. The fourth-order valence-corrected chi connectivity index (χ4v) is 4.26. The first kappa shape index (κ1) is 9.52. The number of carbonyl (C=O) groups is 1. The Hall–Kier alpha value is -0.0300.